The Balaban J connectivity index is 1.96. The van der Waals surface area contributed by atoms with Crippen LogP contribution in [0.5, 0.6) is 17.2 Å². The zero-order valence-corrected chi connectivity index (χ0v) is 17.8. The Bertz CT molecular complexity index is 886. The molecule has 0 atom stereocenters. The van der Waals surface area contributed by atoms with Gasteiger partial charge in [0.1, 0.15) is 0 Å². The number of nitrogens with one attached hydrogen (secondary N) is 2. The number of hydrazone groups is 1. The smallest absolute Gasteiger partial charge is 0.259 e. The number of methoxy groups -OCH3 is 3. The van der Waals surface area contributed by atoms with Crippen LogP contribution in [0.2, 0.25) is 0 Å². The van der Waals surface area contributed by atoms with Gasteiger partial charge in [-0.15, -0.1) is 0 Å². The zero-order chi connectivity index (χ0) is 20.5. The maximum absolute atomic E-state index is 12.1. The van der Waals surface area contributed by atoms with Crippen molar-refractivity contribution >= 4 is 40.6 Å². The van der Waals surface area contributed by atoms with Gasteiger partial charge in [-0.3, -0.25) is 9.59 Å². The SMILES string of the molecule is COc1ccc(/C=N/NC(=O)CNC(=O)c2ccccc2I)c(OC)c1OC. The second-order valence-electron chi connectivity index (χ2n) is 5.38. The van der Waals surface area contributed by atoms with Crippen molar-refractivity contribution < 1.29 is 23.8 Å². The average molecular weight is 497 g/mol. The van der Waals surface area contributed by atoms with Crippen molar-refractivity contribution in [3.63, 3.8) is 0 Å². The molecule has 8 nitrogen and oxygen atoms in total. The number of carbonyl (C=O) groups is 2. The van der Waals surface area contributed by atoms with Crippen LogP contribution in [-0.2, 0) is 4.79 Å². The van der Waals surface area contributed by atoms with E-state index in [1.807, 2.05) is 12.1 Å². The van der Waals surface area contributed by atoms with E-state index in [0.29, 0.717) is 28.4 Å². The van der Waals surface area contributed by atoms with Crippen molar-refractivity contribution in [3.05, 3.63) is 51.1 Å². The maximum Gasteiger partial charge on any atom is 0.259 e. The number of ether oxygens (including phenoxy) is 3. The van der Waals surface area contributed by atoms with Crippen LogP contribution < -0.4 is 25.0 Å². The van der Waals surface area contributed by atoms with Gasteiger partial charge in [-0.2, -0.15) is 5.10 Å². The summed E-state index contributed by atoms with van der Waals surface area (Å²) < 4.78 is 16.7. The minimum absolute atomic E-state index is 0.204. The normalized spacial score (nSPS) is 10.4. The quantitative estimate of drug-likeness (QED) is 0.331. The summed E-state index contributed by atoms with van der Waals surface area (Å²) in [6.45, 7) is -0.204. The lowest BCUT2D eigenvalue weighted by Gasteiger charge is -2.13. The summed E-state index contributed by atoms with van der Waals surface area (Å²) in [5, 5.41) is 6.45. The highest BCUT2D eigenvalue weighted by molar-refractivity contribution is 14.1. The zero-order valence-electron chi connectivity index (χ0n) is 15.6. The van der Waals surface area contributed by atoms with Crippen molar-refractivity contribution in [2.75, 3.05) is 27.9 Å². The minimum Gasteiger partial charge on any atom is -0.493 e. The number of rotatable bonds is 8. The Morgan fingerprint density at radius 2 is 1.75 bits per heavy atom. The number of nitrogens with zero attached hydrogens (tertiary/aromatic N) is 1. The van der Waals surface area contributed by atoms with Crippen LogP contribution in [0.25, 0.3) is 0 Å². The molecule has 9 heteroatoms. The summed E-state index contributed by atoms with van der Waals surface area (Å²) in [7, 11) is 4.52. The highest BCUT2D eigenvalue weighted by Crippen LogP contribution is 2.38. The molecule has 148 valence electrons. The molecule has 0 aliphatic rings. The molecule has 0 bridgehead atoms. The van der Waals surface area contributed by atoms with Crippen LogP contribution in [0, 0.1) is 3.57 Å². The lowest BCUT2D eigenvalue weighted by molar-refractivity contribution is -0.120. The molecule has 0 aromatic heterocycles. The van der Waals surface area contributed by atoms with E-state index in [1.165, 1.54) is 27.5 Å². The molecule has 2 aromatic carbocycles. The fourth-order valence-corrected chi connectivity index (χ4v) is 2.97. The number of hydrogen-bond acceptors (Lipinski definition) is 6. The third kappa shape index (κ3) is 5.35. The standard InChI is InChI=1S/C19H20IN3O5/c1-26-15-9-8-12(17(27-2)18(15)28-3)10-22-23-16(24)11-21-19(25)13-6-4-5-7-14(13)20/h4-10H,11H2,1-3H3,(H,21,25)(H,23,24)/b22-10+. The van der Waals surface area contributed by atoms with Crippen LogP contribution >= 0.6 is 22.6 Å². The first-order valence-electron chi connectivity index (χ1n) is 8.15. The van der Waals surface area contributed by atoms with Crippen LogP contribution in [-0.4, -0.2) is 45.9 Å². The molecule has 0 aliphatic heterocycles. The van der Waals surface area contributed by atoms with E-state index >= 15 is 0 Å². The molecule has 28 heavy (non-hydrogen) atoms. The Labute approximate surface area is 176 Å². The molecule has 0 aliphatic carbocycles. The summed E-state index contributed by atoms with van der Waals surface area (Å²) in [6, 6.07) is 10.5. The fourth-order valence-electron chi connectivity index (χ4n) is 2.34. The molecule has 0 unspecified atom stereocenters. The van der Waals surface area contributed by atoms with Gasteiger partial charge in [-0.25, -0.2) is 5.43 Å². The van der Waals surface area contributed by atoms with Gasteiger partial charge in [0, 0.05) is 9.13 Å². The number of benzene rings is 2. The van der Waals surface area contributed by atoms with Gasteiger partial charge >= 0.3 is 0 Å². The van der Waals surface area contributed by atoms with Crippen molar-refractivity contribution in [1.82, 2.24) is 10.7 Å². The lowest BCUT2D eigenvalue weighted by Crippen LogP contribution is -2.35. The molecule has 0 saturated carbocycles. The van der Waals surface area contributed by atoms with Crippen molar-refractivity contribution in [3.8, 4) is 17.2 Å². The second kappa shape index (κ2) is 10.5. The summed E-state index contributed by atoms with van der Waals surface area (Å²) in [6.07, 6.45) is 1.42. The molecule has 0 saturated heterocycles. The number of amides is 2. The van der Waals surface area contributed by atoms with Crippen LogP contribution in [0.3, 0.4) is 0 Å². The average Bonchev–Trinajstić information content (AvgIpc) is 2.71. The third-order valence-corrected chi connectivity index (χ3v) is 4.60. The van der Waals surface area contributed by atoms with Gasteiger partial charge in [0.05, 0.1) is 39.7 Å². The Kier molecular flexibility index (Phi) is 8.05. The molecule has 2 amide bonds. The molecule has 0 spiro atoms. The van der Waals surface area contributed by atoms with E-state index in [0.717, 1.165) is 3.57 Å². The number of carbonyl (C=O) groups excluding carboxylic acids is 2. The highest BCUT2D eigenvalue weighted by atomic mass is 127. The first-order chi connectivity index (χ1) is 13.5. The van der Waals surface area contributed by atoms with Crippen molar-refractivity contribution in [2.24, 2.45) is 5.10 Å². The summed E-state index contributed by atoms with van der Waals surface area (Å²) in [5.41, 5.74) is 3.45. The van der Waals surface area contributed by atoms with E-state index in [9.17, 15) is 9.59 Å². The van der Waals surface area contributed by atoms with Crippen LogP contribution in [0.1, 0.15) is 15.9 Å². The van der Waals surface area contributed by atoms with Gasteiger partial charge in [-0.1, -0.05) is 12.1 Å². The number of hydrogen-bond donors (Lipinski definition) is 2. The van der Waals surface area contributed by atoms with Crippen LogP contribution in [0.4, 0.5) is 0 Å². The fraction of sp³-hybridized carbons (Fsp3) is 0.211. The number of halogens is 1. The first kappa shape index (κ1) is 21.5. The molecule has 0 heterocycles. The summed E-state index contributed by atoms with van der Waals surface area (Å²) >= 11 is 2.06. The van der Waals surface area contributed by atoms with Crippen molar-refractivity contribution in [2.45, 2.75) is 0 Å². The molecule has 2 rings (SSSR count). The molecule has 2 aromatic rings. The van der Waals surface area contributed by atoms with Gasteiger partial charge < -0.3 is 19.5 Å². The van der Waals surface area contributed by atoms with Crippen molar-refractivity contribution in [1.29, 1.82) is 0 Å². The van der Waals surface area contributed by atoms with E-state index in [4.69, 9.17) is 14.2 Å². The summed E-state index contributed by atoms with van der Waals surface area (Å²) in [5.74, 6) is 0.566. The third-order valence-electron chi connectivity index (χ3n) is 3.66. The van der Waals surface area contributed by atoms with Gasteiger partial charge in [0.2, 0.25) is 5.75 Å². The first-order valence-corrected chi connectivity index (χ1v) is 9.23. The lowest BCUT2D eigenvalue weighted by atomic mass is 10.2. The maximum atomic E-state index is 12.1. The minimum atomic E-state index is -0.463. The topological polar surface area (TPSA) is 98.2 Å². The van der Waals surface area contributed by atoms with Gasteiger partial charge in [-0.05, 0) is 46.9 Å². The highest BCUT2D eigenvalue weighted by Gasteiger charge is 2.15. The molecular weight excluding hydrogens is 477 g/mol. The molecule has 2 N–H and O–H groups in total. The van der Waals surface area contributed by atoms with E-state index in [1.54, 1.807) is 24.3 Å². The molecule has 0 radical (unpaired) electrons. The van der Waals surface area contributed by atoms with E-state index < -0.39 is 5.91 Å². The predicted molar refractivity (Wildman–Crippen MR) is 113 cm³/mol. The predicted octanol–water partition coefficient (Wildman–Crippen LogP) is 2.20. The largest absolute Gasteiger partial charge is 0.493 e. The second-order valence-corrected chi connectivity index (χ2v) is 6.54. The Morgan fingerprint density at radius 3 is 2.39 bits per heavy atom. The van der Waals surface area contributed by atoms with Crippen LogP contribution in [0.15, 0.2) is 41.5 Å². The van der Waals surface area contributed by atoms with E-state index in [-0.39, 0.29) is 12.5 Å². The Morgan fingerprint density at radius 1 is 1.04 bits per heavy atom. The molecule has 0 fully saturated rings. The van der Waals surface area contributed by atoms with Gasteiger partial charge in [0.25, 0.3) is 11.8 Å². The monoisotopic (exact) mass is 497 g/mol. The molecular formula is C19H20IN3O5. The summed E-state index contributed by atoms with van der Waals surface area (Å²) in [4.78, 5) is 24.0. The van der Waals surface area contributed by atoms with E-state index in [2.05, 4.69) is 38.4 Å². The van der Waals surface area contributed by atoms with Gasteiger partial charge in [0.15, 0.2) is 11.5 Å². The Hall–Kier alpha value is -2.82.